The molecule has 0 aliphatic carbocycles. The van der Waals surface area contributed by atoms with E-state index < -0.39 is 17.8 Å². The highest BCUT2D eigenvalue weighted by molar-refractivity contribution is 5.73. The first-order valence-electron chi connectivity index (χ1n) is 11.3. The smallest absolute Gasteiger partial charge is 0.378 e. The second-order valence-corrected chi connectivity index (χ2v) is 8.42. The van der Waals surface area contributed by atoms with E-state index in [2.05, 4.69) is 21.3 Å². The van der Waals surface area contributed by atoms with Gasteiger partial charge in [-0.1, -0.05) is 37.3 Å². The first-order chi connectivity index (χ1) is 15.9. The van der Waals surface area contributed by atoms with E-state index in [0.29, 0.717) is 30.9 Å². The number of rotatable bonds is 6. The molecule has 4 rings (SSSR count). The van der Waals surface area contributed by atoms with Crippen LogP contribution in [0.2, 0.25) is 0 Å². The zero-order valence-corrected chi connectivity index (χ0v) is 18.4. The summed E-state index contributed by atoms with van der Waals surface area (Å²) in [5.74, 6) is -0.0257. The van der Waals surface area contributed by atoms with Crippen molar-refractivity contribution in [2.24, 2.45) is 5.92 Å². The number of nitrogens with one attached hydrogen (secondary N) is 4. The number of halogens is 3. The average molecular weight is 463 g/mol. The summed E-state index contributed by atoms with van der Waals surface area (Å²) in [7, 11) is 0. The number of carbonyl (C=O) groups excluding carboxylic acids is 1. The van der Waals surface area contributed by atoms with Crippen molar-refractivity contribution in [3.63, 3.8) is 0 Å². The van der Waals surface area contributed by atoms with Crippen molar-refractivity contribution in [1.29, 1.82) is 0 Å². The molecule has 178 valence electrons. The third-order valence-electron chi connectivity index (χ3n) is 6.25. The van der Waals surface area contributed by atoms with Crippen LogP contribution in [0, 0.1) is 5.92 Å². The SMILES string of the molecule is CCNCNC(=O)NC[C@H]1CC[C@@H]2[C@H](O1)c1cc(C(F)(F)F)ccc1N[C@H]2c1ccccc1. The predicted octanol–water partition coefficient (Wildman–Crippen LogP) is 4.57. The Morgan fingerprint density at radius 2 is 1.91 bits per heavy atom. The maximum absolute atomic E-state index is 13.4. The second kappa shape index (κ2) is 10.0. The Balaban J connectivity index is 1.55. The van der Waals surface area contributed by atoms with Crippen molar-refractivity contribution in [2.45, 2.75) is 44.2 Å². The molecule has 2 aliphatic rings. The molecule has 2 aromatic carbocycles. The molecule has 2 aromatic rings. The van der Waals surface area contributed by atoms with E-state index in [1.54, 1.807) is 0 Å². The Labute approximate surface area is 191 Å². The van der Waals surface area contributed by atoms with Gasteiger partial charge in [-0.3, -0.25) is 0 Å². The highest BCUT2D eigenvalue weighted by atomic mass is 19.4. The number of carbonyl (C=O) groups is 1. The van der Waals surface area contributed by atoms with Crippen molar-refractivity contribution in [1.82, 2.24) is 16.0 Å². The molecule has 0 aromatic heterocycles. The Hall–Kier alpha value is -2.78. The molecular weight excluding hydrogens is 433 g/mol. The van der Waals surface area contributed by atoms with Crippen LogP contribution < -0.4 is 21.3 Å². The second-order valence-electron chi connectivity index (χ2n) is 8.42. The summed E-state index contributed by atoms with van der Waals surface area (Å²) in [6.45, 7) is 3.33. The first-order valence-corrected chi connectivity index (χ1v) is 11.3. The lowest BCUT2D eigenvalue weighted by molar-refractivity contribution is -0.138. The van der Waals surface area contributed by atoms with Crippen LogP contribution in [-0.2, 0) is 10.9 Å². The lowest BCUT2D eigenvalue weighted by Gasteiger charge is -2.46. The molecule has 0 bridgehead atoms. The van der Waals surface area contributed by atoms with Gasteiger partial charge in [-0.05, 0) is 43.1 Å². The number of alkyl halides is 3. The third-order valence-corrected chi connectivity index (χ3v) is 6.25. The minimum absolute atomic E-state index is 0.0257. The Bertz CT molecular complexity index is 954. The molecule has 9 heteroatoms. The fourth-order valence-corrected chi connectivity index (χ4v) is 4.61. The van der Waals surface area contributed by atoms with Gasteiger partial charge in [-0.2, -0.15) is 13.2 Å². The van der Waals surface area contributed by atoms with Gasteiger partial charge in [0.25, 0.3) is 0 Å². The minimum Gasteiger partial charge on any atom is -0.378 e. The molecule has 2 aliphatic heterocycles. The van der Waals surface area contributed by atoms with Crippen LogP contribution in [0.5, 0.6) is 0 Å². The number of benzene rings is 2. The largest absolute Gasteiger partial charge is 0.416 e. The molecule has 0 spiro atoms. The summed E-state index contributed by atoms with van der Waals surface area (Å²) >= 11 is 0. The van der Waals surface area contributed by atoms with Crippen molar-refractivity contribution in [2.75, 3.05) is 25.1 Å². The van der Waals surface area contributed by atoms with Crippen LogP contribution in [0.15, 0.2) is 48.5 Å². The maximum Gasteiger partial charge on any atom is 0.416 e. The summed E-state index contributed by atoms with van der Waals surface area (Å²) in [6, 6.07) is 13.3. The van der Waals surface area contributed by atoms with E-state index >= 15 is 0 Å². The zero-order valence-electron chi connectivity index (χ0n) is 18.4. The van der Waals surface area contributed by atoms with Crippen LogP contribution in [0.1, 0.15) is 48.6 Å². The highest BCUT2D eigenvalue weighted by Gasteiger charge is 2.43. The van der Waals surface area contributed by atoms with Gasteiger partial charge in [0.1, 0.15) is 0 Å². The van der Waals surface area contributed by atoms with Gasteiger partial charge in [0.05, 0.1) is 30.5 Å². The zero-order chi connectivity index (χ0) is 23.4. The summed E-state index contributed by atoms with van der Waals surface area (Å²) < 4.78 is 46.6. The summed E-state index contributed by atoms with van der Waals surface area (Å²) in [5, 5.41) is 11.9. The van der Waals surface area contributed by atoms with Crippen LogP contribution in [0.25, 0.3) is 0 Å². The van der Waals surface area contributed by atoms with Crippen LogP contribution in [0.4, 0.5) is 23.7 Å². The van der Waals surface area contributed by atoms with E-state index in [9.17, 15) is 18.0 Å². The van der Waals surface area contributed by atoms with Crippen molar-refractivity contribution >= 4 is 11.7 Å². The number of fused-ring (bicyclic) bond motifs is 3. The molecule has 0 radical (unpaired) electrons. The molecule has 1 fully saturated rings. The van der Waals surface area contributed by atoms with Gasteiger partial charge >= 0.3 is 12.2 Å². The number of ether oxygens (including phenoxy) is 1. The van der Waals surface area contributed by atoms with Gasteiger partial charge in [-0.15, -0.1) is 0 Å². The third kappa shape index (κ3) is 5.42. The van der Waals surface area contributed by atoms with Gasteiger partial charge in [0.15, 0.2) is 0 Å². The fourth-order valence-electron chi connectivity index (χ4n) is 4.61. The molecule has 4 N–H and O–H groups in total. The van der Waals surface area contributed by atoms with Crippen LogP contribution in [0.3, 0.4) is 0 Å². The van der Waals surface area contributed by atoms with Crippen LogP contribution >= 0.6 is 0 Å². The average Bonchev–Trinajstić information content (AvgIpc) is 2.82. The summed E-state index contributed by atoms with van der Waals surface area (Å²) in [5.41, 5.74) is 1.55. The Kier molecular flexibility index (Phi) is 7.09. The molecule has 2 amide bonds. The van der Waals surface area contributed by atoms with E-state index in [4.69, 9.17) is 4.74 Å². The van der Waals surface area contributed by atoms with Gasteiger partial charge in [0, 0.05) is 23.7 Å². The van der Waals surface area contributed by atoms with E-state index in [0.717, 1.165) is 24.6 Å². The first kappa shape index (κ1) is 23.4. The molecule has 6 nitrogen and oxygen atoms in total. The number of amides is 2. The molecule has 0 saturated carbocycles. The Morgan fingerprint density at radius 1 is 1.12 bits per heavy atom. The van der Waals surface area contributed by atoms with Gasteiger partial charge in [-0.25, -0.2) is 4.79 Å². The monoisotopic (exact) mass is 462 g/mol. The number of hydrogen-bond acceptors (Lipinski definition) is 4. The normalized spacial score (nSPS) is 24.2. The standard InChI is InChI=1S/C24H29F3N4O2/c1-2-28-14-30-23(32)29-13-17-9-10-18-21(15-6-4-3-5-7-15)31-20-11-8-16(24(25,26)27)12-19(20)22(18)33-17/h3-8,11-12,17-18,21-22,28,31H,2,9-10,13-14H2,1H3,(H2,29,30,32)/t17-,18+,21+,22+/m1/s1. The maximum atomic E-state index is 13.4. The molecule has 33 heavy (non-hydrogen) atoms. The molecule has 4 atom stereocenters. The lowest BCUT2D eigenvalue weighted by atomic mass is 9.76. The molecule has 2 heterocycles. The highest BCUT2D eigenvalue weighted by Crippen LogP contribution is 2.51. The van der Waals surface area contributed by atoms with Crippen molar-refractivity contribution in [3.8, 4) is 0 Å². The molecular formula is C24H29F3N4O2. The van der Waals surface area contributed by atoms with E-state index in [1.807, 2.05) is 37.3 Å². The van der Waals surface area contributed by atoms with Crippen molar-refractivity contribution in [3.05, 3.63) is 65.2 Å². The summed E-state index contributed by atoms with van der Waals surface area (Å²) in [4.78, 5) is 12.0. The number of urea groups is 1. The molecule has 1 saturated heterocycles. The Morgan fingerprint density at radius 3 is 2.64 bits per heavy atom. The predicted molar refractivity (Wildman–Crippen MR) is 120 cm³/mol. The topological polar surface area (TPSA) is 74.4 Å². The van der Waals surface area contributed by atoms with E-state index in [1.165, 1.54) is 12.1 Å². The summed E-state index contributed by atoms with van der Waals surface area (Å²) in [6.07, 6.45) is -3.75. The van der Waals surface area contributed by atoms with E-state index in [-0.39, 0.29) is 24.1 Å². The van der Waals surface area contributed by atoms with Gasteiger partial charge in [0.2, 0.25) is 0 Å². The minimum atomic E-state index is -4.43. The van der Waals surface area contributed by atoms with Gasteiger partial charge < -0.3 is 26.0 Å². The fraction of sp³-hybridized carbons (Fsp3) is 0.458. The quantitative estimate of drug-likeness (QED) is 0.375. The number of hydrogen-bond donors (Lipinski definition) is 4. The molecule has 0 unspecified atom stereocenters. The lowest BCUT2D eigenvalue weighted by Crippen LogP contribution is -2.46. The van der Waals surface area contributed by atoms with Crippen LogP contribution in [-0.4, -0.2) is 31.9 Å². The van der Waals surface area contributed by atoms with Crippen molar-refractivity contribution < 1.29 is 22.7 Å². The number of anilines is 1.